The van der Waals surface area contributed by atoms with Gasteiger partial charge >= 0.3 is 0 Å². The van der Waals surface area contributed by atoms with Gasteiger partial charge in [-0.3, -0.25) is 14.5 Å². The van der Waals surface area contributed by atoms with Gasteiger partial charge in [0.2, 0.25) is 10.0 Å². The van der Waals surface area contributed by atoms with Gasteiger partial charge in [0.25, 0.3) is 11.8 Å². The fraction of sp³-hybridized carbons (Fsp3) is 0.182. The fourth-order valence-corrected chi connectivity index (χ4v) is 5.16. The van der Waals surface area contributed by atoms with Crippen LogP contribution in [0.2, 0.25) is 0 Å². The lowest BCUT2D eigenvalue weighted by Gasteiger charge is -2.36. The van der Waals surface area contributed by atoms with Crippen molar-refractivity contribution in [3.8, 4) is 0 Å². The molecule has 2 heterocycles. The Kier molecular flexibility index (Phi) is 4.65. The van der Waals surface area contributed by atoms with Crippen molar-refractivity contribution in [2.45, 2.75) is 17.9 Å². The first-order valence-corrected chi connectivity index (χ1v) is 12.1. The molecule has 0 aliphatic carbocycles. The summed E-state index contributed by atoms with van der Waals surface area (Å²) in [6.45, 7) is 1.94. The van der Waals surface area contributed by atoms with Gasteiger partial charge in [-0.15, -0.1) is 0 Å². The third kappa shape index (κ3) is 3.24. The number of nitrogens with two attached hydrogens (primary N) is 1. The summed E-state index contributed by atoms with van der Waals surface area (Å²) >= 11 is 3.60. The number of hydrogen-bond acceptors (Lipinski definition) is 5. The maximum absolute atomic E-state index is 13.3. The highest BCUT2D eigenvalue weighted by Crippen LogP contribution is 2.41. The van der Waals surface area contributed by atoms with E-state index in [0.717, 1.165) is 35.1 Å². The fourth-order valence-electron chi connectivity index (χ4n) is 4.11. The Morgan fingerprint density at radius 3 is 2.03 bits per heavy atom. The number of imide groups is 1. The smallest absolute Gasteiger partial charge is 0.261 e. The van der Waals surface area contributed by atoms with Crippen LogP contribution in [0.1, 0.15) is 32.7 Å². The molecule has 5 rings (SSSR count). The molecule has 1 fully saturated rings. The molecule has 2 N–H and O–H groups in total. The molecule has 1 saturated heterocycles. The van der Waals surface area contributed by atoms with Crippen molar-refractivity contribution in [2.75, 3.05) is 18.0 Å². The zero-order valence-electron chi connectivity index (χ0n) is 16.3. The summed E-state index contributed by atoms with van der Waals surface area (Å²) < 4.78 is 23.8. The van der Waals surface area contributed by atoms with Crippen LogP contribution in [0, 0.1) is 0 Å². The van der Waals surface area contributed by atoms with Crippen LogP contribution in [-0.2, 0) is 16.6 Å². The standard InChI is InChI=1S/C22H18BrN3O4S/c23-17-8-6-15-19-16(7-9-18(20(17)19)25-10-1-11-25)22(28)26(21(15)27)12-13-2-4-14(5-3-13)31(24,29)30/h2-9H,1,10-12H2,(H2,24,29,30). The molecule has 2 amide bonds. The number of anilines is 1. The molecule has 0 radical (unpaired) electrons. The summed E-state index contributed by atoms with van der Waals surface area (Å²) in [5, 5.41) is 6.70. The number of halogens is 1. The van der Waals surface area contributed by atoms with Gasteiger partial charge in [0.1, 0.15) is 0 Å². The minimum atomic E-state index is -3.81. The van der Waals surface area contributed by atoms with E-state index in [1.807, 2.05) is 12.1 Å². The zero-order chi connectivity index (χ0) is 21.9. The van der Waals surface area contributed by atoms with E-state index in [-0.39, 0.29) is 23.3 Å². The summed E-state index contributed by atoms with van der Waals surface area (Å²) in [6, 6.07) is 13.2. The lowest BCUT2D eigenvalue weighted by atomic mass is 9.92. The van der Waals surface area contributed by atoms with E-state index in [0.29, 0.717) is 22.1 Å². The molecule has 0 spiro atoms. The largest absolute Gasteiger partial charge is 0.371 e. The third-order valence-electron chi connectivity index (χ3n) is 5.83. The molecule has 2 aliphatic rings. The normalized spacial score (nSPS) is 16.1. The molecule has 0 bridgehead atoms. The first-order chi connectivity index (χ1) is 14.8. The maximum atomic E-state index is 13.3. The van der Waals surface area contributed by atoms with Crippen LogP contribution in [0.25, 0.3) is 10.8 Å². The Labute approximate surface area is 187 Å². The Morgan fingerprint density at radius 1 is 0.871 bits per heavy atom. The number of rotatable bonds is 4. The lowest BCUT2D eigenvalue weighted by Crippen LogP contribution is -2.40. The quantitative estimate of drug-likeness (QED) is 0.555. The number of carbonyl (C=O) groups is 2. The van der Waals surface area contributed by atoms with Crippen LogP contribution < -0.4 is 10.0 Å². The number of primary sulfonamides is 1. The average molecular weight is 500 g/mol. The minimum absolute atomic E-state index is 0.0222. The van der Waals surface area contributed by atoms with Crippen molar-refractivity contribution >= 4 is 54.2 Å². The van der Waals surface area contributed by atoms with Gasteiger partial charge in [0, 0.05) is 45.1 Å². The molecule has 3 aromatic rings. The summed E-state index contributed by atoms with van der Waals surface area (Å²) in [5.41, 5.74) is 2.61. The first-order valence-electron chi connectivity index (χ1n) is 9.74. The van der Waals surface area contributed by atoms with E-state index in [1.54, 1.807) is 24.3 Å². The Hall–Kier alpha value is -2.75. The summed E-state index contributed by atoms with van der Waals surface area (Å²) in [4.78, 5) is 30.0. The molecule has 2 aliphatic heterocycles. The van der Waals surface area contributed by atoms with Crippen molar-refractivity contribution in [1.29, 1.82) is 0 Å². The van der Waals surface area contributed by atoms with E-state index in [4.69, 9.17) is 5.14 Å². The second kappa shape index (κ2) is 7.15. The van der Waals surface area contributed by atoms with E-state index >= 15 is 0 Å². The van der Waals surface area contributed by atoms with Gasteiger partial charge in [0.15, 0.2) is 0 Å². The van der Waals surface area contributed by atoms with Gasteiger partial charge in [-0.2, -0.15) is 0 Å². The van der Waals surface area contributed by atoms with Crippen LogP contribution in [0.5, 0.6) is 0 Å². The van der Waals surface area contributed by atoms with Crippen molar-refractivity contribution in [3.63, 3.8) is 0 Å². The van der Waals surface area contributed by atoms with Gasteiger partial charge in [-0.05, 0) is 48.4 Å². The number of benzene rings is 3. The van der Waals surface area contributed by atoms with Crippen molar-refractivity contribution in [1.82, 2.24) is 4.90 Å². The minimum Gasteiger partial charge on any atom is -0.371 e. The maximum Gasteiger partial charge on any atom is 0.261 e. The van der Waals surface area contributed by atoms with E-state index < -0.39 is 10.0 Å². The predicted molar refractivity (Wildman–Crippen MR) is 120 cm³/mol. The number of nitrogens with zero attached hydrogens (tertiary/aromatic N) is 2. The summed E-state index contributed by atoms with van der Waals surface area (Å²) in [6.07, 6.45) is 1.12. The summed E-state index contributed by atoms with van der Waals surface area (Å²) in [5.74, 6) is -0.738. The van der Waals surface area contributed by atoms with Crippen molar-refractivity contribution in [3.05, 3.63) is 69.7 Å². The highest BCUT2D eigenvalue weighted by Gasteiger charge is 2.35. The third-order valence-corrected chi connectivity index (χ3v) is 7.42. The lowest BCUT2D eigenvalue weighted by molar-refractivity contribution is 0.0598. The Morgan fingerprint density at radius 2 is 1.48 bits per heavy atom. The number of amides is 2. The SMILES string of the molecule is NS(=O)(=O)c1ccc(CN2C(=O)c3ccc(Br)c4c(N5CCC5)ccc(c34)C2=O)cc1. The van der Waals surface area contributed by atoms with E-state index in [9.17, 15) is 18.0 Å². The molecule has 0 atom stereocenters. The topological polar surface area (TPSA) is 101 Å². The van der Waals surface area contributed by atoms with E-state index in [1.165, 1.54) is 17.0 Å². The summed E-state index contributed by atoms with van der Waals surface area (Å²) in [7, 11) is -3.81. The van der Waals surface area contributed by atoms with Gasteiger partial charge in [0.05, 0.1) is 11.4 Å². The molecule has 0 aromatic heterocycles. The van der Waals surface area contributed by atoms with Gasteiger partial charge in [-0.25, -0.2) is 13.6 Å². The van der Waals surface area contributed by atoms with Crippen LogP contribution in [0.3, 0.4) is 0 Å². The average Bonchev–Trinajstić information content (AvgIpc) is 2.69. The first kappa shape index (κ1) is 20.2. The molecule has 3 aromatic carbocycles. The van der Waals surface area contributed by atoms with Crippen molar-refractivity contribution in [2.24, 2.45) is 5.14 Å². The molecular formula is C22H18BrN3O4S. The number of carbonyl (C=O) groups excluding carboxylic acids is 2. The molecule has 0 saturated carbocycles. The van der Waals surface area contributed by atoms with E-state index in [2.05, 4.69) is 20.8 Å². The number of sulfonamides is 1. The second-order valence-electron chi connectivity index (χ2n) is 7.70. The number of hydrogen-bond donors (Lipinski definition) is 1. The molecule has 0 unspecified atom stereocenters. The van der Waals surface area contributed by atoms with Crippen LogP contribution in [0.4, 0.5) is 5.69 Å². The van der Waals surface area contributed by atoms with Crippen molar-refractivity contribution < 1.29 is 18.0 Å². The predicted octanol–water partition coefficient (Wildman–Crippen LogP) is 3.26. The molecule has 31 heavy (non-hydrogen) atoms. The zero-order valence-corrected chi connectivity index (χ0v) is 18.7. The highest BCUT2D eigenvalue weighted by atomic mass is 79.9. The molecule has 7 nitrogen and oxygen atoms in total. The Bertz CT molecular complexity index is 1340. The van der Waals surface area contributed by atoms with Gasteiger partial charge in [-0.1, -0.05) is 28.1 Å². The molecule has 9 heteroatoms. The van der Waals surface area contributed by atoms with Crippen LogP contribution in [-0.4, -0.2) is 38.2 Å². The van der Waals surface area contributed by atoms with Crippen LogP contribution in [0.15, 0.2) is 57.9 Å². The Balaban J connectivity index is 1.56. The van der Waals surface area contributed by atoms with Gasteiger partial charge < -0.3 is 4.90 Å². The monoisotopic (exact) mass is 499 g/mol. The molecular weight excluding hydrogens is 482 g/mol. The van der Waals surface area contributed by atoms with Crippen LogP contribution >= 0.6 is 15.9 Å². The molecule has 158 valence electrons. The highest BCUT2D eigenvalue weighted by molar-refractivity contribution is 9.10. The second-order valence-corrected chi connectivity index (χ2v) is 10.1.